The van der Waals surface area contributed by atoms with Crippen molar-refractivity contribution in [2.75, 3.05) is 0 Å². The molecule has 0 aliphatic heterocycles. The average molecular weight is 309 g/mol. The molecule has 0 amide bonds. The van der Waals surface area contributed by atoms with Crippen LogP contribution >= 0.6 is 15.9 Å². The van der Waals surface area contributed by atoms with Crippen molar-refractivity contribution < 1.29 is 4.92 Å². The number of rotatable bonds is 1. The number of halogens is 1. The number of nitro groups is 1. The van der Waals surface area contributed by atoms with E-state index >= 15 is 0 Å². The first-order valence-electron chi connectivity index (χ1n) is 5.20. The number of hydrogen-bond donors (Lipinski definition) is 0. The number of pyridine rings is 1. The van der Waals surface area contributed by atoms with Gasteiger partial charge in [0, 0.05) is 16.7 Å². The number of hydrogen-bond acceptors (Lipinski definition) is 3. The highest BCUT2D eigenvalue weighted by atomic mass is 79.9. The Morgan fingerprint density at radius 2 is 1.94 bits per heavy atom. The van der Waals surface area contributed by atoms with Crippen LogP contribution in [0, 0.1) is 23.0 Å². The van der Waals surface area contributed by atoms with E-state index in [9.17, 15) is 10.1 Å². The van der Waals surface area contributed by atoms with Gasteiger partial charge in [0.2, 0.25) is 0 Å². The van der Waals surface area contributed by atoms with Gasteiger partial charge in [0.15, 0.2) is 0 Å². The maximum absolute atomic E-state index is 10.7. The first kappa shape index (κ1) is 16.1. The minimum atomic E-state index is -0.406. The minimum Gasteiger partial charge on any atom is -0.258 e. The Bertz CT molecular complexity index is 553. The first-order chi connectivity index (χ1) is 8.68. The maximum Gasteiger partial charge on any atom is 0.278 e. The Morgan fingerprint density at radius 1 is 1.33 bits per heavy atom. The number of aromatic nitrogens is 1. The monoisotopic (exact) mass is 308 g/mol. The normalized spacial score (nSPS) is 8.50. The van der Waals surface area contributed by atoms with Crippen molar-refractivity contribution in [1.29, 1.82) is 0 Å². The molecule has 0 saturated carbocycles. The van der Waals surface area contributed by atoms with E-state index in [1.165, 1.54) is 6.07 Å². The number of non-ortho nitro benzene ring substituents is 1. The summed E-state index contributed by atoms with van der Waals surface area (Å²) in [5.41, 5.74) is 0.707. The SMILES string of the molecule is C#C.CC.O=[N+]([O-])c1cccc2ncc(Br)cc12. The van der Waals surface area contributed by atoms with Crippen LogP contribution in [0.1, 0.15) is 13.8 Å². The van der Waals surface area contributed by atoms with Crippen molar-refractivity contribution in [2.45, 2.75) is 13.8 Å². The number of nitrogens with zero attached hydrogens (tertiary/aromatic N) is 2. The van der Waals surface area contributed by atoms with E-state index < -0.39 is 4.92 Å². The second-order valence-corrected chi connectivity index (χ2v) is 3.67. The van der Waals surface area contributed by atoms with E-state index in [1.54, 1.807) is 24.4 Å². The van der Waals surface area contributed by atoms with Crippen LogP contribution in [0.15, 0.2) is 34.9 Å². The van der Waals surface area contributed by atoms with Gasteiger partial charge in [0.25, 0.3) is 5.69 Å². The first-order valence-corrected chi connectivity index (χ1v) is 6.00. The zero-order valence-corrected chi connectivity index (χ0v) is 11.7. The van der Waals surface area contributed by atoms with Gasteiger partial charge in [-0.2, -0.15) is 0 Å². The lowest BCUT2D eigenvalue weighted by molar-refractivity contribution is -0.383. The third kappa shape index (κ3) is 3.82. The quantitative estimate of drug-likeness (QED) is 0.451. The lowest BCUT2D eigenvalue weighted by Crippen LogP contribution is -1.90. The number of fused-ring (bicyclic) bond motifs is 1. The van der Waals surface area contributed by atoms with Gasteiger partial charge in [-0.15, -0.1) is 12.8 Å². The molecule has 1 aromatic carbocycles. The molecule has 0 aliphatic carbocycles. The Morgan fingerprint density at radius 3 is 2.50 bits per heavy atom. The fraction of sp³-hybridized carbons (Fsp3) is 0.154. The second-order valence-electron chi connectivity index (χ2n) is 2.75. The van der Waals surface area contributed by atoms with Gasteiger partial charge in [-0.1, -0.05) is 19.9 Å². The summed E-state index contributed by atoms with van der Waals surface area (Å²) in [5, 5.41) is 11.2. The topological polar surface area (TPSA) is 56.0 Å². The summed E-state index contributed by atoms with van der Waals surface area (Å²) in [5.74, 6) is 0. The van der Waals surface area contributed by atoms with Gasteiger partial charge in [-0.05, 0) is 28.1 Å². The summed E-state index contributed by atoms with van der Waals surface area (Å²) in [6, 6.07) is 6.53. The van der Waals surface area contributed by atoms with E-state index in [4.69, 9.17) is 0 Å². The van der Waals surface area contributed by atoms with Gasteiger partial charge in [-0.25, -0.2) is 0 Å². The lowest BCUT2D eigenvalue weighted by atomic mass is 10.2. The molecule has 0 unspecified atom stereocenters. The zero-order chi connectivity index (χ0) is 14.1. The van der Waals surface area contributed by atoms with Crippen molar-refractivity contribution in [2.24, 2.45) is 0 Å². The molecule has 0 radical (unpaired) electrons. The Hall–Kier alpha value is -1.93. The lowest BCUT2D eigenvalue weighted by Gasteiger charge is -1.98. The summed E-state index contributed by atoms with van der Waals surface area (Å²) in [7, 11) is 0. The highest BCUT2D eigenvalue weighted by molar-refractivity contribution is 9.10. The molecule has 0 atom stereocenters. The fourth-order valence-corrected chi connectivity index (χ4v) is 1.60. The van der Waals surface area contributed by atoms with Gasteiger partial charge < -0.3 is 0 Å². The van der Waals surface area contributed by atoms with Gasteiger partial charge in [-0.3, -0.25) is 15.1 Å². The maximum atomic E-state index is 10.7. The predicted octanol–water partition coefficient (Wildman–Crippen LogP) is 4.18. The van der Waals surface area contributed by atoms with Crippen LogP contribution in [0.2, 0.25) is 0 Å². The zero-order valence-electron chi connectivity index (χ0n) is 10.1. The molecule has 18 heavy (non-hydrogen) atoms. The molecule has 0 aliphatic rings. The van der Waals surface area contributed by atoms with Gasteiger partial charge in [0.05, 0.1) is 15.8 Å². The third-order valence-electron chi connectivity index (χ3n) is 1.87. The highest BCUT2D eigenvalue weighted by Gasteiger charge is 2.11. The summed E-state index contributed by atoms with van der Waals surface area (Å²) < 4.78 is 0.735. The third-order valence-corrected chi connectivity index (χ3v) is 2.30. The molecule has 0 saturated heterocycles. The van der Waals surface area contributed by atoms with Crippen LogP contribution in [-0.4, -0.2) is 9.91 Å². The van der Waals surface area contributed by atoms with Crippen molar-refractivity contribution >= 4 is 32.5 Å². The Balaban J connectivity index is 0.000000659. The molecule has 2 rings (SSSR count). The second kappa shape index (κ2) is 8.20. The Kier molecular flexibility index (Phi) is 7.32. The summed E-state index contributed by atoms with van der Waals surface area (Å²) in [6.07, 6.45) is 9.62. The van der Waals surface area contributed by atoms with Crippen LogP contribution in [0.25, 0.3) is 10.9 Å². The molecule has 1 aromatic heterocycles. The van der Waals surface area contributed by atoms with E-state index in [0.717, 1.165) is 4.47 Å². The van der Waals surface area contributed by atoms with Crippen LogP contribution < -0.4 is 0 Å². The largest absolute Gasteiger partial charge is 0.278 e. The highest BCUT2D eigenvalue weighted by Crippen LogP contribution is 2.26. The Labute approximate surface area is 114 Å². The molecule has 0 bridgehead atoms. The number of nitro benzene ring substituents is 1. The van der Waals surface area contributed by atoms with Crippen LogP contribution in [0.3, 0.4) is 0 Å². The molecule has 5 heteroatoms. The number of terminal acetylenes is 1. The fourth-order valence-electron chi connectivity index (χ4n) is 1.27. The van der Waals surface area contributed by atoms with Crippen molar-refractivity contribution in [1.82, 2.24) is 4.98 Å². The van der Waals surface area contributed by atoms with Crippen molar-refractivity contribution in [3.63, 3.8) is 0 Å². The summed E-state index contributed by atoms with van der Waals surface area (Å²) >= 11 is 3.23. The van der Waals surface area contributed by atoms with Crippen molar-refractivity contribution in [3.05, 3.63) is 45.0 Å². The molecule has 2 aromatic rings. The van der Waals surface area contributed by atoms with Gasteiger partial charge >= 0.3 is 0 Å². The molecule has 94 valence electrons. The standard InChI is InChI=1S/C9H5BrN2O2.C2H6.C2H2/c10-6-4-7-8(11-5-6)2-1-3-9(7)12(13)14;2*1-2/h1-5H;1-2H3;1-2H. The molecule has 0 spiro atoms. The average Bonchev–Trinajstić information content (AvgIpc) is 2.42. The summed E-state index contributed by atoms with van der Waals surface area (Å²) in [4.78, 5) is 14.4. The molecule has 1 heterocycles. The van der Waals surface area contributed by atoms with E-state index in [0.29, 0.717) is 10.9 Å². The van der Waals surface area contributed by atoms with E-state index in [-0.39, 0.29) is 5.69 Å². The molecular weight excluding hydrogens is 296 g/mol. The van der Waals surface area contributed by atoms with Crippen LogP contribution in [0.4, 0.5) is 5.69 Å². The number of benzene rings is 1. The molecule has 0 N–H and O–H groups in total. The predicted molar refractivity (Wildman–Crippen MR) is 77.3 cm³/mol. The van der Waals surface area contributed by atoms with Crippen molar-refractivity contribution in [3.8, 4) is 12.8 Å². The van der Waals surface area contributed by atoms with E-state index in [2.05, 4.69) is 33.8 Å². The van der Waals surface area contributed by atoms with Crippen LogP contribution in [-0.2, 0) is 0 Å². The minimum absolute atomic E-state index is 0.0799. The van der Waals surface area contributed by atoms with Gasteiger partial charge in [0.1, 0.15) is 0 Å². The molecule has 0 fully saturated rings. The smallest absolute Gasteiger partial charge is 0.258 e. The van der Waals surface area contributed by atoms with E-state index in [1.807, 2.05) is 13.8 Å². The summed E-state index contributed by atoms with van der Waals surface area (Å²) in [6.45, 7) is 4.00. The van der Waals surface area contributed by atoms with Crippen LogP contribution in [0.5, 0.6) is 0 Å². The molecular formula is C13H13BrN2O2. The molecule has 4 nitrogen and oxygen atoms in total.